The first-order valence-electron chi connectivity index (χ1n) is 7.65. The maximum absolute atomic E-state index is 11.9. The first-order valence-corrected chi connectivity index (χ1v) is 9.54. The van der Waals surface area contributed by atoms with Crippen LogP contribution in [0, 0.1) is 13.8 Å². The average molecular weight is 335 g/mol. The Hall–Kier alpha value is -1.96. The molecule has 23 heavy (non-hydrogen) atoms. The van der Waals surface area contributed by atoms with Crippen LogP contribution in [0.15, 0.2) is 17.2 Å². The Balaban J connectivity index is 1.88. The second kappa shape index (κ2) is 5.92. The highest BCUT2D eigenvalue weighted by atomic mass is 32.2. The molecule has 7 nitrogen and oxygen atoms in total. The Morgan fingerprint density at radius 1 is 1.26 bits per heavy atom. The fourth-order valence-corrected chi connectivity index (χ4v) is 3.97. The SMILES string of the molecule is Cc1cc(C)nc(N2CCCC(c3[nH]ncc3S(C)(=O)=O)C2)n1. The molecule has 1 atom stereocenters. The van der Waals surface area contributed by atoms with Gasteiger partial charge in [0.25, 0.3) is 0 Å². The van der Waals surface area contributed by atoms with Gasteiger partial charge in [-0.25, -0.2) is 18.4 Å². The fourth-order valence-electron chi connectivity index (χ4n) is 3.12. The van der Waals surface area contributed by atoms with Gasteiger partial charge in [0, 0.05) is 36.7 Å². The average Bonchev–Trinajstić information content (AvgIpc) is 2.96. The van der Waals surface area contributed by atoms with Gasteiger partial charge in [-0.15, -0.1) is 0 Å². The molecule has 2 aromatic rings. The van der Waals surface area contributed by atoms with Crippen LogP contribution in [-0.4, -0.2) is 47.9 Å². The number of rotatable bonds is 3. The number of sulfone groups is 1. The summed E-state index contributed by atoms with van der Waals surface area (Å²) >= 11 is 0. The number of aryl methyl sites for hydroxylation is 2. The van der Waals surface area contributed by atoms with Crippen molar-refractivity contribution in [2.45, 2.75) is 37.5 Å². The van der Waals surface area contributed by atoms with Gasteiger partial charge in [0.1, 0.15) is 4.90 Å². The molecule has 1 unspecified atom stereocenters. The lowest BCUT2D eigenvalue weighted by Gasteiger charge is -2.32. The monoisotopic (exact) mass is 335 g/mol. The van der Waals surface area contributed by atoms with Gasteiger partial charge in [0.05, 0.1) is 11.9 Å². The molecule has 0 aliphatic carbocycles. The zero-order chi connectivity index (χ0) is 16.6. The quantitative estimate of drug-likeness (QED) is 0.916. The van der Waals surface area contributed by atoms with Crippen molar-refractivity contribution in [1.82, 2.24) is 20.2 Å². The van der Waals surface area contributed by atoms with Gasteiger partial charge in [-0.3, -0.25) is 5.10 Å². The van der Waals surface area contributed by atoms with Gasteiger partial charge in [-0.2, -0.15) is 5.10 Å². The fraction of sp³-hybridized carbons (Fsp3) is 0.533. The molecule has 0 radical (unpaired) electrons. The van der Waals surface area contributed by atoms with Crippen LogP contribution >= 0.6 is 0 Å². The number of piperidine rings is 1. The largest absolute Gasteiger partial charge is 0.340 e. The molecule has 0 spiro atoms. The number of nitrogens with one attached hydrogen (secondary N) is 1. The van der Waals surface area contributed by atoms with Crippen molar-refractivity contribution in [3.8, 4) is 0 Å². The van der Waals surface area contributed by atoms with Gasteiger partial charge < -0.3 is 4.90 Å². The topological polar surface area (TPSA) is 91.8 Å². The van der Waals surface area contributed by atoms with E-state index in [1.54, 1.807) is 0 Å². The lowest BCUT2D eigenvalue weighted by atomic mass is 9.95. The van der Waals surface area contributed by atoms with Gasteiger partial charge in [0.15, 0.2) is 9.84 Å². The van der Waals surface area contributed by atoms with Crippen LogP contribution in [0.1, 0.15) is 35.8 Å². The predicted octanol–water partition coefficient (Wildman–Crippen LogP) is 1.60. The lowest BCUT2D eigenvalue weighted by molar-refractivity contribution is 0.488. The summed E-state index contributed by atoms with van der Waals surface area (Å²) in [6.45, 7) is 5.47. The summed E-state index contributed by atoms with van der Waals surface area (Å²) in [6, 6.07) is 1.95. The van der Waals surface area contributed by atoms with E-state index in [9.17, 15) is 8.42 Å². The minimum Gasteiger partial charge on any atom is -0.340 e. The molecule has 0 aromatic carbocycles. The highest BCUT2D eigenvalue weighted by Gasteiger charge is 2.28. The first kappa shape index (κ1) is 15.9. The molecule has 124 valence electrons. The smallest absolute Gasteiger partial charge is 0.225 e. The highest BCUT2D eigenvalue weighted by Crippen LogP contribution is 2.31. The molecule has 1 fully saturated rings. The maximum atomic E-state index is 11.9. The van der Waals surface area contributed by atoms with Crippen molar-refractivity contribution in [1.29, 1.82) is 0 Å². The molecule has 1 N–H and O–H groups in total. The summed E-state index contributed by atoms with van der Waals surface area (Å²) in [5, 5.41) is 6.82. The summed E-state index contributed by atoms with van der Waals surface area (Å²) in [4.78, 5) is 11.5. The second-order valence-electron chi connectivity index (χ2n) is 6.16. The molecule has 1 saturated heterocycles. The van der Waals surface area contributed by atoms with Crippen LogP contribution in [0.3, 0.4) is 0 Å². The molecule has 3 rings (SSSR count). The Bertz CT molecular complexity index is 795. The van der Waals surface area contributed by atoms with Gasteiger partial charge in [-0.05, 0) is 32.8 Å². The van der Waals surface area contributed by atoms with Crippen LogP contribution in [0.4, 0.5) is 5.95 Å². The van der Waals surface area contributed by atoms with Crippen LogP contribution in [0.2, 0.25) is 0 Å². The van der Waals surface area contributed by atoms with Gasteiger partial charge in [0.2, 0.25) is 5.95 Å². The third-order valence-corrected chi connectivity index (χ3v) is 5.24. The van der Waals surface area contributed by atoms with Crippen molar-refractivity contribution in [2.24, 2.45) is 0 Å². The van der Waals surface area contributed by atoms with Crippen LogP contribution in [0.5, 0.6) is 0 Å². The Morgan fingerprint density at radius 2 is 1.96 bits per heavy atom. The van der Waals surface area contributed by atoms with Gasteiger partial charge in [-0.1, -0.05) is 0 Å². The summed E-state index contributed by atoms with van der Waals surface area (Å²) in [6.07, 6.45) is 4.50. The predicted molar refractivity (Wildman–Crippen MR) is 87.4 cm³/mol. The molecule has 0 saturated carbocycles. The van der Waals surface area contributed by atoms with Crippen LogP contribution in [-0.2, 0) is 9.84 Å². The standard InChI is InChI=1S/C15H21N5O2S/c1-10-7-11(2)18-15(17-10)20-6-4-5-12(9-20)14-13(8-16-19-14)23(3,21)22/h7-8,12H,4-6,9H2,1-3H3,(H,16,19). The number of aromatic amines is 1. The van der Waals surface area contributed by atoms with E-state index < -0.39 is 9.84 Å². The van der Waals surface area contributed by atoms with E-state index in [4.69, 9.17) is 0 Å². The lowest BCUT2D eigenvalue weighted by Crippen LogP contribution is -2.36. The molecule has 0 bridgehead atoms. The molecule has 8 heteroatoms. The number of H-pyrrole nitrogens is 1. The van der Waals surface area contributed by atoms with Crippen molar-refractivity contribution >= 4 is 15.8 Å². The molecule has 1 aliphatic heterocycles. The van der Waals surface area contributed by atoms with Crippen molar-refractivity contribution in [3.05, 3.63) is 29.3 Å². The van der Waals surface area contributed by atoms with E-state index in [2.05, 4.69) is 25.1 Å². The molecular weight excluding hydrogens is 314 g/mol. The Morgan fingerprint density at radius 3 is 2.61 bits per heavy atom. The number of hydrogen-bond acceptors (Lipinski definition) is 6. The van der Waals surface area contributed by atoms with Crippen LogP contribution < -0.4 is 4.90 Å². The Kier molecular flexibility index (Phi) is 4.09. The summed E-state index contributed by atoms with van der Waals surface area (Å²) in [5.74, 6) is 0.799. The number of hydrogen-bond donors (Lipinski definition) is 1. The van der Waals surface area contributed by atoms with E-state index in [1.807, 2.05) is 19.9 Å². The zero-order valence-electron chi connectivity index (χ0n) is 13.6. The van der Waals surface area contributed by atoms with E-state index >= 15 is 0 Å². The minimum absolute atomic E-state index is 0.0837. The first-order chi connectivity index (χ1) is 10.8. The van der Waals surface area contributed by atoms with E-state index in [-0.39, 0.29) is 5.92 Å². The molecule has 2 aromatic heterocycles. The number of aromatic nitrogens is 4. The van der Waals surface area contributed by atoms with Crippen LogP contribution in [0.25, 0.3) is 0 Å². The van der Waals surface area contributed by atoms with Crippen molar-refractivity contribution in [3.63, 3.8) is 0 Å². The second-order valence-corrected chi connectivity index (χ2v) is 8.14. The Labute approximate surface area is 136 Å². The van der Waals surface area contributed by atoms with E-state index in [0.717, 1.165) is 30.8 Å². The third kappa shape index (κ3) is 3.36. The minimum atomic E-state index is -3.28. The normalized spacial score (nSPS) is 19.1. The number of anilines is 1. The van der Waals surface area contributed by atoms with Crippen molar-refractivity contribution in [2.75, 3.05) is 24.2 Å². The highest BCUT2D eigenvalue weighted by molar-refractivity contribution is 7.90. The number of nitrogens with zero attached hydrogens (tertiary/aromatic N) is 4. The van der Waals surface area contributed by atoms with Gasteiger partial charge >= 0.3 is 0 Å². The third-order valence-electron chi connectivity index (χ3n) is 4.11. The zero-order valence-corrected chi connectivity index (χ0v) is 14.4. The molecule has 0 amide bonds. The molecular formula is C15H21N5O2S. The van der Waals surface area contributed by atoms with E-state index in [1.165, 1.54) is 12.5 Å². The summed E-state index contributed by atoms with van der Waals surface area (Å²) in [5.41, 5.74) is 2.57. The van der Waals surface area contributed by atoms with Crippen molar-refractivity contribution < 1.29 is 8.42 Å². The maximum Gasteiger partial charge on any atom is 0.225 e. The molecule has 1 aliphatic rings. The summed E-state index contributed by atoms with van der Waals surface area (Å²) in [7, 11) is -3.28. The molecule has 3 heterocycles. The van der Waals surface area contributed by atoms with E-state index in [0.29, 0.717) is 23.1 Å². The summed E-state index contributed by atoms with van der Waals surface area (Å²) < 4.78 is 23.8.